The van der Waals surface area contributed by atoms with Gasteiger partial charge in [-0.1, -0.05) is 31.4 Å². The van der Waals surface area contributed by atoms with Gasteiger partial charge in [-0.05, 0) is 57.3 Å². The molecule has 0 radical (unpaired) electrons. The first-order valence-corrected chi connectivity index (χ1v) is 7.89. The Balaban J connectivity index is 1.97. The summed E-state index contributed by atoms with van der Waals surface area (Å²) in [5, 5.41) is 3.44. The number of halogens is 1. The van der Waals surface area contributed by atoms with Gasteiger partial charge in [0, 0.05) is 4.88 Å². The molecule has 3 heteroatoms. The number of rotatable bonds is 9. The molecular formula is C14H24ClNS. The Kier molecular flexibility index (Phi) is 7.91. The summed E-state index contributed by atoms with van der Waals surface area (Å²) in [6.45, 7) is 6.63. The number of hydrogen-bond acceptors (Lipinski definition) is 2. The molecule has 17 heavy (non-hydrogen) atoms. The van der Waals surface area contributed by atoms with E-state index in [2.05, 4.69) is 25.2 Å². The van der Waals surface area contributed by atoms with Crippen LogP contribution in [0, 0.1) is 6.92 Å². The lowest BCUT2D eigenvalue weighted by Crippen LogP contribution is -2.15. The van der Waals surface area contributed by atoms with Crippen LogP contribution in [0.2, 0.25) is 4.34 Å². The molecule has 1 N–H and O–H groups in total. The molecule has 1 aromatic heterocycles. The smallest absolute Gasteiger partial charge is 0.0960 e. The fourth-order valence-electron chi connectivity index (χ4n) is 1.85. The van der Waals surface area contributed by atoms with Gasteiger partial charge in [-0.15, -0.1) is 11.3 Å². The third-order valence-electron chi connectivity index (χ3n) is 2.86. The van der Waals surface area contributed by atoms with E-state index in [4.69, 9.17) is 11.6 Å². The lowest BCUT2D eigenvalue weighted by atomic mass is 10.1. The van der Waals surface area contributed by atoms with E-state index >= 15 is 0 Å². The van der Waals surface area contributed by atoms with Crippen LogP contribution in [0.5, 0.6) is 0 Å². The molecule has 0 atom stereocenters. The minimum Gasteiger partial charge on any atom is -0.317 e. The van der Waals surface area contributed by atoms with Crippen LogP contribution in [0.4, 0.5) is 0 Å². The van der Waals surface area contributed by atoms with Gasteiger partial charge in [-0.2, -0.15) is 0 Å². The van der Waals surface area contributed by atoms with Crippen molar-refractivity contribution >= 4 is 22.9 Å². The molecule has 0 aliphatic carbocycles. The van der Waals surface area contributed by atoms with Crippen LogP contribution >= 0.6 is 22.9 Å². The van der Waals surface area contributed by atoms with Crippen LogP contribution in [0.3, 0.4) is 0 Å². The largest absolute Gasteiger partial charge is 0.317 e. The van der Waals surface area contributed by atoms with Gasteiger partial charge in [0.1, 0.15) is 0 Å². The summed E-state index contributed by atoms with van der Waals surface area (Å²) >= 11 is 7.79. The van der Waals surface area contributed by atoms with Crippen molar-refractivity contribution in [3.63, 3.8) is 0 Å². The highest BCUT2D eigenvalue weighted by molar-refractivity contribution is 7.16. The van der Waals surface area contributed by atoms with E-state index < -0.39 is 0 Å². The lowest BCUT2D eigenvalue weighted by Gasteiger charge is -2.02. The third-order valence-corrected chi connectivity index (χ3v) is 4.48. The average molecular weight is 274 g/mol. The number of thiophene rings is 1. The van der Waals surface area contributed by atoms with Crippen molar-refractivity contribution in [1.29, 1.82) is 0 Å². The van der Waals surface area contributed by atoms with Gasteiger partial charge >= 0.3 is 0 Å². The molecule has 0 unspecified atom stereocenters. The first kappa shape index (κ1) is 15.0. The summed E-state index contributed by atoms with van der Waals surface area (Å²) < 4.78 is 0.962. The van der Waals surface area contributed by atoms with Gasteiger partial charge in [0.05, 0.1) is 4.34 Å². The summed E-state index contributed by atoms with van der Waals surface area (Å²) in [4.78, 5) is 1.44. The third kappa shape index (κ3) is 6.44. The molecule has 1 nitrogen and oxygen atoms in total. The number of hydrogen-bond donors (Lipinski definition) is 1. The van der Waals surface area contributed by atoms with Crippen molar-refractivity contribution in [2.45, 2.75) is 52.4 Å². The number of aryl methyl sites for hydroxylation is 2. The van der Waals surface area contributed by atoms with Gasteiger partial charge in [0.25, 0.3) is 0 Å². The summed E-state index contributed by atoms with van der Waals surface area (Å²) in [5.74, 6) is 0. The van der Waals surface area contributed by atoms with Crippen molar-refractivity contribution in [2.24, 2.45) is 0 Å². The van der Waals surface area contributed by atoms with Crippen molar-refractivity contribution in [3.8, 4) is 0 Å². The Morgan fingerprint density at radius 2 is 1.94 bits per heavy atom. The highest BCUT2D eigenvalue weighted by Crippen LogP contribution is 2.27. The van der Waals surface area contributed by atoms with Crippen LogP contribution in [0.25, 0.3) is 0 Å². The van der Waals surface area contributed by atoms with Gasteiger partial charge in [0.15, 0.2) is 0 Å². The molecule has 1 heterocycles. The second-order valence-corrected chi connectivity index (χ2v) is 6.32. The molecule has 0 aliphatic rings. The summed E-state index contributed by atoms with van der Waals surface area (Å²) in [7, 11) is 0. The van der Waals surface area contributed by atoms with Crippen molar-refractivity contribution in [3.05, 3.63) is 20.8 Å². The second kappa shape index (κ2) is 8.96. The lowest BCUT2D eigenvalue weighted by molar-refractivity contribution is 0.585. The normalized spacial score (nSPS) is 11.0. The first-order valence-electron chi connectivity index (χ1n) is 6.69. The monoisotopic (exact) mass is 273 g/mol. The van der Waals surface area contributed by atoms with Crippen LogP contribution in [-0.2, 0) is 6.42 Å². The molecule has 0 aliphatic heterocycles. The number of nitrogens with one attached hydrogen (secondary N) is 1. The van der Waals surface area contributed by atoms with Crippen LogP contribution in [0.15, 0.2) is 6.07 Å². The Morgan fingerprint density at radius 1 is 1.18 bits per heavy atom. The Labute approximate surface area is 115 Å². The number of unbranched alkanes of at least 4 members (excludes halogenated alkanes) is 3. The topological polar surface area (TPSA) is 12.0 Å². The van der Waals surface area contributed by atoms with Gasteiger partial charge in [-0.3, -0.25) is 0 Å². The molecule has 0 amide bonds. The van der Waals surface area contributed by atoms with E-state index in [0.29, 0.717) is 0 Å². The predicted molar refractivity (Wildman–Crippen MR) is 79.4 cm³/mol. The SMILES string of the molecule is CCCNCCCCCCc1cc(C)c(Cl)s1. The molecular weight excluding hydrogens is 250 g/mol. The molecule has 98 valence electrons. The standard InChI is InChI=1S/C14H24ClNS/c1-3-9-16-10-7-5-4-6-8-13-11-12(2)14(15)17-13/h11,16H,3-10H2,1-2H3. The van der Waals surface area contributed by atoms with Crippen molar-refractivity contribution in [1.82, 2.24) is 5.32 Å². The second-order valence-electron chi connectivity index (χ2n) is 4.58. The maximum absolute atomic E-state index is 6.05. The summed E-state index contributed by atoms with van der Waals surface area (Å²) in [5.41, 5.74) is 1.23. The molecule has 1 aromatic rings. The minimum atomic E-state index is 0.962. The van der Waals surface area contributed by atoms with Crippen LogP contribution in [0.1, 0.15) is 49.5 Å². The van der Waals surface area contributed by atoms with Gasteiger partial charge in [-0.25, -0.2) is 0 Å². The highest BCUT2D eigenvalue weighted by Gasteiger charge is 2.02. The molecule has 0 bridgehead atoms. The molecule has 0 saturated carbocycles. The summed E-state index contributed by atoms with van der Waals surface area (Å²) in [6.07, 6.45) is 7.71. The highest BCUT2D eigenvalue weighted by atomic mass is 35.5. The zero-order valence-corrected chi connectivity index (χ0v) is 12.6. The van der Waals surface area contributed by atoms with E-state index in [1.165, 1.54) is 55.5 Å². The maximum atomic E-state index is 6.05. The molecule has 0 aromatic carbocycles. The van der Waals surface area contributed by atoms with E-state index in [0.717, 1.165) is 10.9 Å². The van der Waals surface area contributed by atoms with Gasteiger partial charge in [0.2, 0.25) is 0 Å². The minimum absolute atomic E-state index is 0.962. The van der Waals surface area contributed by atoms with Crippen LogP contribution < -0.4 is 5.32 Å². The quantitative estimate of drug-likeness (QED) is 0.637. The van der Waals surface area contributed by atoms with E-state index in [9.17, 15) is 0 Å². The Morgan fingerprint density at radius 3 is 2.59 bits per heavy atom. The van der Waals surface area contributed by atoms with Gasteiger partial charge < -0.3 is 5.32 Å². The first-order chi connectivity index (χ1) is 8.24. The fourth-order valence-corrected chi connectivity index (χ4v) is 3.14. The predicted octanol–water partition coefficient (Wildman–Crippen LogP) is 4.81. The molecule has 0 saturated heterocycles. The van der Waals surface area contributed by atoms with Crippen molar-refractivity contribution in [2.75, 3.05) is 13.1 Å². The Bertz CT molecular complexity index is 290. The van der Waals surface area contributed by atoms with E-state index in [1.54, 1.807) is 11.3 Å². The summed E-state index contributed by atoms with van der Waals surface area (Å²) in [6, 6.07) is 2.23. The maximum Gasteiger partial charge on any atom is 0.0960 e. The zero-order chi connectivity index (χ0) is 12.5. The van der Waals surface area contributed by atoms with E-state index in [-0.39, 0.29) is 0 Å². The molecule has 1 rings (SSSR count). The van der Waals surface area contributed by atoms with E-state index in [1.807, 2.05) is 0 Å². The van der Waals surface area contributed by atoms with Crippen LogP contribution in [-0.4, -0.2) is 13.1 Å². The fraction of sp³-hybridized carbons (Fsp3) is 0.714. The Hall–Kier alpha value is -0.0500. The average Bonchev–Trinajstić information content (AvgIpc) is 2.62. The van der Waals surface area contributed by atoms with Crippen molar-refractivity contribution < 1.29 is 0 Å². The zero-order valence-electron chi connectivity index (χ0n) is 11.0. The molecule has 0 fully saturated rings. The molecule has 0 spiro atoms.